The number of aliphatic carboxylic acids is 1. The average Bonchev–Trinajstić information content (AvgIpc) is 3.11. The Labute approximate surface area is 100 Å². The summed E-state index contributed by atoms with van der Waals surface area (Å²) in [6.45, 7) is 0.0474. The van der Waals surface area contributed by atoms with E-state index in [-0.39, 0.29) is 6.61 Å². The van der Waals surface area contributed by atoms with Crippen molar-refractivity contribution in [3.8, 4) is 11.8 Å². The Kier molecular flexibility index (Phi) is 3.16. The highest BCUT2D eigenvalue weighted by Gasteiger charge is 2.51. The molecule has 0 spiro atoms. The van der Waals surface area contributed by atoms with Crippen molar-refractivity contribution in [2.45, 2.75) is 24.7 Å². The Hall–Kier alpha value is -1.79. The van der Waals surface area contributed by atoms with Gasteiger partial charge in [-0.2, -0.15) is 0 Å². The Morgan fingerprint density at radius 1 is 1.41 bits per heavy atom. The van der Waals surface area contributed by atoms with Gasteiger partial charge >= 0.3 is 5.97 Å². The van der Waals surface area contributed by atoms with Crippen LogP contribution in [0.5, 0.6) is 0 Å². The van der Waals surface area contributed by atoms with Crippen LogP contribution in [0, 0.1) is 11.8 Å². The summed E-state index contributed by atoms with van der Waals surface area (Å²) in [5.41, 5.74) is 0.971. The van der Waals surface area contributed by atoms with Crippen molar-refractivity contribution < 1.29 is 15.0 Å². The number of carboxylic acid groups (broad SMARTS) is 1. The second-order valence-corrected chi connectivity index (χ2v) is 4.24. The highest BCUT2D eigenvalue weighted by atomic mass is 16.4. The fraction of sp³-hybridized carbons (Fsp3) is 0.357. The van der Waals surface area contributed by atoms with Gasteiger partial charge in [-0.05, 0) is 30.5 Å². The van der Waals surface area contributed by atoms with Crippen LogP contribution in [0.15, 0.2) is 24.3 Å². The number of carbonyl (C=O) groups is 1. The molecule has 3 nitrogen and oxygen atoms in total. The van der Waals surface area contributed by atoms with E-state index in [9.17, 15) is 9.90 Å². The summed E-state index contributed by atoms with van der Waals surface area (Å²) in [7, 11) is 0. The molecule has 1 fully saturated rings. The van der Waals surface area contributed by atoms with E-state index >= 15 is 0 Å². The van der Waals surface area contributed by atoms with Crippen molar-refractivity contribution in [2.24, 2.45) is 0 Å². The molecule has 2 rings (SSSR count). The fourth-order valence-electron chi connectivity index (χ4n) is 1.87. The molecular weight excluding hydrogens is 216 g/mol. The van der Waals surface area contributed by atoms with Crippen molar-refractivity contribution in [1.29, 1.82) is 0 Å². The summed E-state index contributed by atoms with van der Waals surface area (Å²) in [6, 6.07) is 7.37. The minimum absolute atomic E-state index is 0.0474. The number of rotatable bonds is 3. The van der Waals surface area contributed by atoms with Crippen LogP contribution in [-0.4, -0.2) is 22.8 Å². The predicted molar refractivity (Wildman–Crippen MR) is 63.6 cm³/mol. The minimum atomic E-state index is -0.752. The Morgan fingerprint density at radius 3 is 2.76 bits per heavy atom. The van der Waals surface area contributed by atoms with E-state index in [1.165, 1.54) is 0 Å². The Morgan fingerprint density at radius 2 is 2.18 bits per heavy atom. The van der Waals surface area contributed by atoms with E-state index in [1.54, 1.807) is 0 Å². The van der Waals surface area contributed by atoms with Crippen LogP contribution in [0.1, 0.15) is 30.4 Å². The molecule has 0 atom stereocenters. The Balaban J connectivity index is 2.24. The number of aliphatic hydroxyl groups excluding tert-OH is 1. The second-order valence-electron chi connectivity index (χ2n) is 4.24. The lowest BCUT2D eigenvalue weighted by molar-refractivity contribution is -0.140. The summed E-state index contributed by atoms with van der Waals surface area (Å²) in [5.74, 6) is 5.00. The van der Waals surface area contributed by atoms with Crippen molar-refractivity contribution in [1.82, 2.24) is 0 Å². The first-order valence-electron chi connectivity index (χ1n) is 5.63. The van der Waals surface area contributed by atoms with Crippen LogP contribution in [0.25, 0.3) is 0 Å². The molecule has 0 amide bonds. The summed E-state index contributed by atoms with van der Waals surface area (Å²) in [4.78, 5) is 11.2. The predicted octanol–water partition coefficient (Wildman–Crippen LogP) is 1.54. The van der Waals surface area contributed by atoms with E-state index in [0.29, 0.717) is 19.3 Å². The van der Waals surface area contributed by atoms with Gasteiger partial charge in [-0.15, -0.1) is 0 Å². The lowest BCUT2D eigenvalue weighted by Crippen LogP contribution is -2.19. The first-order chi connectivity index (χ1) is 8.19. The largest absolute Gasteiger partial charge is 0.481 e. The lowest BCUT2D eigenvalue weighted by atomic mass is 9.94. The number of carboxylic acids is 1. The summed E-state index contributed by atoms with van der Waals surface area (Å²) in [5, 5.41) is 17.8. The molecule has 1 saturated carbocycles. The monoisotopic (exact) mass is 230 g/mol. The highest BCUT2D eigenvalue weighted by Crippen LogP contribution is 2.48. The first-order valence-corrected chi connectivity index (χ1v) is 5.63. The molecule has 2 N–H and O–H groups in total. The fourth-order valence-corrected chi connectivity index (χ4v) is 1.87. The molecule has 0 radical (unpaired) electrons. The van der Waals surface area contributed by atoms with Gasteiger partial charge < -0.3 is 10.2 Å². The molecule has 0 unspecified atom stereocenters. The third-order valence-corrected chi connectivity index (χ3v) is 3.04. The van der Waals surface area contributed by atoms with Gasteiger partial charge in [0.15, 0.2) is 0 Å². The van der Waals surface area contributed by atoms with Crippen molar-refractivity contribution >= 4 is 5.97 Å². The van der Waals surface area contributed by atoms with Gasteiger partial charge in [0.2, 0.25) is 0 Å². The number of hydrogen-bond acceptors (Lipinski definition) is 2. The average molecular weight is 230 g/mol. The van der Waals surface area contributed by atoms with Gasteiger partial charge in [0, 0.05) is 12.0 Å². The maximum Gasteiger partial charge on any atom is 0.314 e. The molecule has 0 aliphatic heterocycles. The molecule has 1 aromatic carbocycles. The van der Waals surface area contributed by atoms with Crippen LogP contribution in [-0.2, 0) is 10.2 Å². The molecule has 0 bridgehead atoms. The Bertz CT molecular complexity index is 490. The van der Waals surface area contributed by atoms with Crippen molar-refractivity contribution in [2.75, 3.05) is 6.61 Å². The zero-order valence-electron chi connectivity index (χ0n) is 9.44. The first kappa shape index (κ1) is 11.7. The van der Waals surface area contributed by atoms with Crippen molar-refractivity contribution in [3.63, 3.8) is 0 Å². The van der Waals surface area contributed by atoms with Gasteiger partial charge in [-0.1, -0.05) is 24.0 Å². The SMILES string of the molecule is O=C(O)C1(c2cccc(C#CCCO)c2)CC1. The zero-order valence-corrected chi connectivity index (χ0v) is 9.44. The lowest BCUT2D eigenvalue weighted by Gasteiger charge is -2.09. The molecule has 1 aromatic rings. The van der Waals surface area contributed by atoms with Gasteiger partial charge in [-0.25, -0.2) is 0 Å². The topological polar surface area (TPSA) is 57.5 Å². The van der Waals surface area contributed by atoms with Gasteiger partial charge in [0.25, 0.3) is 0 Å². The van der Waals surface area contributed by atoms with Crippen LogP contribution in [0.3, 0.4) is 0 Å². The molecule has 0 aromatic heterocycles. The summed E-state index contributed by atoms with van der Waals surface area (Å²) < 4.78 is 0. The highest BCUT2D eigenvalue weighted by molar-refractivity contribution is 5.85. The number of hydrogen-bond donors (Lipinski definition) is 2. The second kappa shape index (κ2) is 4.60. The maximum absolute atomic E-state index is 11.2. The van der Waals surface area contributed by atoms with Crippen LogP contribution >= 0.6 is 0 Å². The number of aliphatic hydroxyl groups is 1. The molecule has 88 valence electrons. The van der Waals surface area contributed by atoms with E-state index in [2.05, 4.69) is 11.8 Å². The van der Waals surface area contributed by atoms with Crippen molar-refractivity contribution in [3.05, 3.63) is 35.4 Å². The van der Waals surface area contributed by atoms with E-state index in [0.717, 1.165) is 11.1 Å². The molecule has 0 heterocycles. The molecular formula is C14H14O3. The maximum atomic E-state index is 11.2. The molecule has 1 aliphatic carbocycles. The molecule has 17 heavy (non-hydrogen) atoms. The molecule has 0 saturated heterocycles. The molecule has 1 aliphatic rings. The van der Waals surface area contributed by atoms with Gasteiger partial charge in [0.1, 0.15) is 0 Å². The summed E-state index contributed by atoms with van der Waals surface area (Å²) in [6.07, 6.45) is 1.85. The number of benzene rings is 1. The van der Waals surface area contributed by atoms with E-state index in [1.807, 2.05) is 24.3 Å². The summed E-state index contributed by atoms with van der Waals surface area (Å²) >= 11 is 0. The van der Waals surface area contributed by atoms with Crippen LogP contribution < -0.4 is 0 Å². The van der Waals surface area contributed by atoms with E-state index < -0.39 is 11.4 Å². The minimum Gasteiger partial charge on any atom is -0.481 e. The quantitative estimate of drug-likeness (QED) is 0.774. The third-order valence-electron chi connectivity index (χ3n) is 3.04. The third kappa shape index (κ3) is 2.32. The normalized spacial score (nSPS) is 15.8. The standard InChI is InChI=1S/C14H14O3/c15-9-2-1-4-11-5-3-6-12(10-11)14(7-8-14)13(16)17/h3,5-6,10,15H,2,7-9H2,(H,16,17). The van der Waals surface area contributed by atoms with Crippen LogP contribution in [0.4, 0.5) is 0 Å². The zero-order chi connectivity index (χ0) is 12.3. The van der Waals surface area contributed by atoms with Gasteiger partial charge in [-0.3, -0.25) is 4.79 Å². The smallest absolute Gasteiger partial charge is 0.314 e. The van der Waals surface area contributed by atoms with Crippen LogP contribution in [0.2, 0.25) is 0 Å². The van der Waals surface area contributed by atoms with Gasteiger partial charge in [0.05, 0.1) is 12.0 Å². The van der Waals surface area contributed by atoms with E-state index in [4.69, 9.17) is 5.11 Å². The molecule has 3 heteroatoms.